The number of methoxy groups -OCH3 is 1. The second kappa shape index (κ2) is 6.22. The van der Waals surface area contributed by atoms with Crippen LogP contribution in [0.2, 0.25) is 5.02 Å². The summed E-state index contributed by atoms with van der Waals surface area (Å²) in [4.78, 5) is 12.4. The molecule has 1 aliphatic rings. The van der Waals surface area contributed by atoms with Crippen molar-refractivity contribution in [1.29, 1.82) is 0 Å². The van der Waals surface area contributed by atoms with E-state index >= 15 is 0 Å². The minimum atomic E-state index is -1.23. The van der Waals surface area contributed by atoms with Crippen molar-refractivity contribution in [1.82, 2.24) is 5.32 Å². The molecule has 0 heterocycles. The maximum atomic E-state index is 12.4. The summed E-state index contributed by atoms with van der Waals surface area (Å²) >= 11 is 6.03. The van der Waals surface area contributed by atoms with Crippen LogP contribution in [-0.4, -0.2) is 18.1 Å². The van der Waals surface area contributed by atoms with E-state index in [9.17, 15) is 9.90 Å². The SMILES string of the molecule is COc1cccc(C(O)C(=O)NC2(c3cccc(Cl)c3)CC2)c1. The highest BCUT2D eigenvalue weighted by Gasteiger charge is 2.46. The second-order valence-corrected chi connectivity index (χ2v) is 6.20. The van der Waals surface area contributed by atoms with Gasteiger partial charge in [0.25, 0.3) is 5.91 Å². The van der Waals surface area contributed by atoms with Crippen molar-refractivity contribution in [3.05, 3.63) is 64.7 Å². The Labute approximate surface area is 140 Å². The first-order valence-corrected chi connectivity index (χ1v) is 7.82. The first-order chi connectivity index (χ1) is 11.0. The fraction of sp³-hybridized carbons (Fsp3) is 0.278. The summed E-state index contributed by atoms with van der Waals surface area (Å²) in [5.74, 6) is 0.182. The van der Waals surface area contributed by atoms with Gasteiger partial charge in [0.15, 0.2) is 6.10 Å². The van der Waals surface area contributed by atoms with Gasteiger partial charge >= 0.3 is 0 Å². The van der Waals surface area contributed by atoms with Gasteiger partial charge in [0.2, 0.25) is 0 Å². The second-order valence-electron chi connectivity index (χ2n) is 5.76. The van der Waals surface area contributed by atoms with E-state index in [1.165, 1.54) is 0 Å². The maximum absolute atomic E-state index is 12.4. The van der Waals surface area contributed by atoms with Gasteiger partial charge in [-0.25, -0.2) is 0 Å². The topological polar surface area (TPSA) is 58.6 Å². The average molecular weight is 332 g/mol. The summed E-state index contributed by atoms with van der Waals surface area (Å²) in [6.07, 6.45) is 0.440. The molecule has 0 saturated heterocycles. The Morgan fingerprint density at radius 3 is 2.65 bits per heavy atom. The van der Waals surface area contributed by atoms with E-state index in [2.05, 4.69) is 5.32 Å². The molecule has 5 heteroatoms. The van der Waals surface area contributed by atoms with Gasteiger partial charge in [-0.15, -0.1) is 0 Å². The third-order valence-corrected chi connectivity index (χ3v) is 4.38. The predicted molar refractivity (Wildman–Crippen MR) is 88.5 cm³/mol. The standard InChI is InChI=1S/C18H18ClNO3/c1-23-15-7-2-4-12(10-15)16(21)17(22)20-18(8-9-18)13-5-3-6-14(19)11-13/h2-7,10-11,16,21H,8-9H2,1H3,(H,20,22). The summed E-state index contributed by atoms with van der Waals surface area (Å²) in [6.45, 7) is 0. The van der Waals surface area contributed by atoms with Gasteiger partial charge in [-0.1, -0.05) is 35.9 Å². The molecule has 0 radical (unpaired) electrons. The van der Waals surface area contributed by atoms with E-state index < -0.39 is 17.6 Å². The van der Waals surface area contributed by atoms with Crippen LogP contribution >= 0.6 is 11.6 Å². The van der Waals surface area contributed by atoms with E-state index in [-0.39, 0.29) is 0 Å². The molecular weight excluding hydrogens is 314 g/mol. The lowest BCUT2D eigenvalue weighted by Crippen LogP contribution is -2.38. The highest BCUT2D eigenvalue weighted by Crippen LogP contribution is 2.46. The van der Waals surface area contributed by atoms with E-state index in [0.717, 1.165) is 18.4 Å². The van der Waals surface area contributed by atoms with Crippen molar-refractivity contribution in [2.75, 3.05) is 7.11 Å². The van der Waals surface area contributed by atoms with E-state index in [0.29, 0.717) is 16.3 Å². The molecule has 1 unspecified atom stereocenters. The van der Waals surface area contributed by atoms with Crippen molar-refractivity contribution in [3.63, 3.8) is 0 Å². The van der Waals surface area contributed by atoms with Crippen LogP contribution in [0.5, 0.6) is 5.75 Å². The molecular formula is C18H18ClNO3. The molecule has 1 saturated carbocycles. The molecule has 0 spiro atoms. The number of hydrogen-bond acceptors (Lipinski definition) is 3. The van der Waals surface area contributed by atoms with E-state index in [4.69, 9.17) is 16.3 Å². The van der Waals surface area contributed by atoms with Gasteiger partial charge in [-0.2, -0.15) is 0 Å². The van der Waals surface area contributed by atoms with Crippen LogP contribution in [0.25, 0.3) is 0 Å². The molecule has 120 valence electrons. The van der Waals surface area contributed by atoms with E-state index in [1.54, 1.807) is 37.4 Å². The third-order valence-electron chi connectivity index (χ3n) is 4.15. The van der Waals surface area contributed by atoms with Crippen LogP contribution in [-0.2, 0) is 10.3 Å². The van der Waals surface area contributed by atoms with E-state index in [1.807, 2.05) is 18.2 Å². The highest BCUT2D eigenvalue weighted by atomic mass is 35.5. The zero-order valence-corrected chi connectivity index (χ0v) is 13.5. The van der Waals surface area contributed by atoms with Crippen molar-refractivity contribution in [3.8, 4) is 5.75 Å². The van der Waals surface area contributed by atoms with Crippen molar-refractivity contribution >= 4 is 17.5 Å². The van der Waals surface area contributed by atoms with Gasteiger partial charge in [0.1, 0.15) is 5.75 Å². The number of ether oxygens (including phenoxy) is 1. The number of halogens is 1. The minimum absolute atomic E-state index is 0.415. The minimum Gasteiger partial charge on any atom is -0.497 e. The molecule has 0 aliphatic heterocycles. The Morgan fingerprint density at radius 2 is 2.00 bits per heavy atom. The molecule has 23 heavy (non-hydrogen) atoms. The fourth-order valence-corrected chi connectivity index (χ4v) is 2.85. The van der Waals surface area contributed by atoms with Crippen LogP contribution in [0.15, 0.2) is 48.5 Å². The predicted octanol–water partition coefficient (Wildman–Crippen LogP) is 3.19. The summed E-state index contributed by atoms with van der Waals surface area (Å²) in [6, 6.07) is 14.3. The van der Waals surface area contributed by atoms with Crippen LogP contribution < -0.4 is 10.1 Å². The zero-order chi connectivity index (χ0) is 16.4. The van der Waals surface area contributed by atoms with Crippen LogP contribution in [0.3, 0.4) is 0 Å². The number of aliphatic hydroxyl groups is 1. The first kappa shape index (κ1) is 15.8. The highest BCUT2D eigenvalue weighted by molar-refractivity contribution is 6.30. The number of amides is 1. The molecule has 4 nitrogen and oxygen atoms in total. The Hall–Kier alpha value is -2.04. The average Bonchev–Trinajstić information content (AvgIpc) is 3.35. The van der Waals surface area contributed by atoms with Crippen LogP contribution in [0.1, 0.15) is 30.1 Å². The molecule has 1 amide bonds. The van der Waals surface area contributed by atoms with Crippen molar-refractivity contribution in [2.45, 2.75) is 24.5 Å². The third kappa shape index (κ3) is 3.33. The van der Waals surface area contributed by atoms with Gasteiger partial charge in [-0.05, 0) is 48.2 Å². The fourth-order valence-electron chi connectivity index (χ4n) is 2.66. The number of carbonyl (C=O) groups is 1. The van der Waals surface area contributed by atoms with Crippen molar-refractivity contribution < 1.29 is 14.6 Å². The lowest BCUT2D eigenvalue weighted by atomic mass is 10.0. The molecule has 2 N–H and O–H groups in total. The summed E-state index contributed by atoms with van der Waals surface area (Å²) < 4.78 is 5.12. The molecule has 2 aromatic rings. The largest absolute Gasteiger partial charge is 0.497 e. The lowest BCUT2D eigenvalue weighted by molar-refractivity contribution is -0.130. The lowest BCUT2D eigenvalue weighted by Gasteiger charge is -2.21. The Balaban J connectivity index is 1.76. The van der Waals surface area contributed by atoms with Gasteiger partial charge in [-0.3, -0.25) is 4.79 Å². The number of hydrogen-bond donors (Lipinski definition) is 2. The summed E-state index contributed by atoms with van der Waals surface area (Å²) in [5, 5.41) is 13.9. The first-order valence-electron chi connectivity index (χ1n) is 7.44. The summed E-state index contributed by atoms with van der Waals surface area (Å²) in [7, 11) is 1.55. The zero-order valence-electron chi connectivity index (χ0n) is 12.8. The summed E-state index contributed by atoms with van der Waals surface area (Å²) in [5.41, 5.74) is 1.06. The number of carbonyl (C=O) groups excluding carboxylic acids is 1. The Bertz CT molecular complexity index is 728. The molecule has 3 rings (SSSR count). The Morgan fingerprint density at radius 1 is 1.26 bits per heavy atom. The number of nitrogens with one attached hydrogen (secondary N) is 1. The van der Waals surface area contributed by atoms with Gasteiger partial charge in [0.05, 0.1) is 12.6 Å². The molecule has 1 fully saturated rings. The monoisotopic (exact) mass is 331 g/mol. The quantitative estimate of drug-likeness (QED) is 0.884. The van der Waals surface area contributed by atoms with Crippen LogP contribution in [0, 0.1) is 0 Å². The van der Waals surface area contributed by atoms with Crippen LogP contribution in [0.4, 0.5) is 0 Å². The maximum Gasteiger partial charge on any atom is 0.254 e. The number of rotatable bonds is 5. The van der Waals surface area contributed by atoms with Gasteiger partial charge < -0.3 is 15.2 Å². The number of aliphatic hydroxyl groups excluding tert-OH is 1. The normalized spacial score (nSPS) is 16.5. The molecule has 1 atom stereocenters. The smallest absolute Gasteiger partial charge is 0.254 e. The molecule has 2 aromatic carbocycles. The van der Waals surface area contributed by atoms with Crippen molar-refractivity contribution in [2.24, 2.45) is 0 Å². The van der Waals surface area contributed by atoms with Gasteiger partial charge in [0, 0.05) is 5.02 Å². The molecule has 0 aromatic heterocycles. The molecule has 1 aliphatic carbocycles. The molecule has 0 bridgehead atoms. The Kier molecular flexibility index (Phi) is 4.28. The number of benzene rings is 2.